The number of nitrogens with zero attached hydrogens (tertiary/aromatic N) is 2. The summed E-state index contributed by atoms with van der Waals surface area (Å²) in [7, 11) is 3.24. The molecule has 136 valence electrons. The molecule has 2 aromatic rings. The van der Waals surface area contributed by atoms with E-state index >= 15 is 0 Å². The zero-order valence-corrected chi connectivity index (χ0v) is 15.0. The van der Waals surface area contributed by atoms with Gasteiger partial charge in [-0.15, -0.1) is 0 Å². The van der Waals surface area contributed by atoms with Crippen molar-refractivity contribution < 1.29 is 13.9 Å². The molecule has 6 heteroatoms. The number of benzene rings is 2. The Labute approximate surface area is 152 Å². The van der Waals surface area contributed by atoms with Crippen LogP contribution >= 0.6 is 0 Å². The Morgan fingerprint density at radius 3 is 2.58 bits per heavy atom. The number of rotatable bonds is 5. The number of anilines is 2. The summed E-state index contributed by atoms with van der Waals surface area (Å²) in [5.41, 5.74) is 1.67. The molecule has 1 saturated heterocycles. The lowest BCUT2D eigenvalue weighted by Gasteiger charge is -2.35. The van der Waals surface area contributed by atoms with E-state index in [4.69, 9.17) is 9.47 Å². The van der Waals surface area contributed by atoms with E-state index in [1.807, 2.05) is 24.3 Å². The number of nitriles is 1. The van der Waals surface area contributed by atoms with Crippen molar-refractivity contribution in [3.8, 4) is 17.6 Å². The lowest BCUT2D eigenvalue weighted by molar-refractivity contribution is 0.394. The van der Waals surface area contributed by atoms with E-state index in [1.54, 1.807) is 26.4 Å². The predicted octanol–water partition coefficient (Wildman–Crippen LogP) is 3.80. The van der Waals surface area contributed by atoms with Crippen LogP contribution in [0.3, 0.4) is 0 Å². The van der Waals surface area contributed by atoms with Crippen molar-refractivity contribution in [1.82, 2.24) is 0 Å². The molecule has 1 unspecified atom stereocenters. The Kier molecular flexibility index (Phi) is 5.47. The van der Waals surface area contributed by atoms with Gasteiger partial charge in [0, 0.05) is 43.0 Å². The van der Waals surface area contributed by atoms with Gasteiger partial charge < -0.3 is 19.7 Å². The first-order valence-electron chi connectivity index (χ1n) is 8.57. The summed E-state index contributed by atoms with van der Waals surface area (Å²) in [5, 5.41) is 12.8. The largest absolute Gasteiger partial charge is 0.497 e. The second-order valence-electron chi connectivity index (χ2n) is 6.28. The molecule has 5 nitrogen and oxygen atoms in total. The minimum absolute atomic E-state index is 0.108. The van der Waals surface area contributed by atoms with E-state index in [2.05, 4.69) is 10.2 Å². The van der Waals surface area contributed by atoms with Crippen molar-refractivity contribution in [2.24, 2.45) is 0 Å². The van der Waals surface area contributed by atoms with Gasteiger partial charge in [0.2, 0.25) is 0 Å². The van der Waals surface area contributed by atoms with Crippen molar-refractivity contribution in [2.75, 3.05) is 37.5 Å². The number of hydrogen-bond acceptors (Lipinski definition) is 5. The highest BCUT2D eigenvalue weighted by Gasteiger charge is 2.23. The van der Waals surface area contributed by atoms with Gasteiger partial charge in [0.15, 0.2) is 0 Å². The molecule has 1 atom stereocenters. The van der Waals surface area contributed by atoms with Crippen LogP contribution < -0.4 is 19.7 Å². The van der Waals surface area contributed by atoms with Crippen molar-refractivity contribution in [2.45, 2.75) is 18.9 Å². The van der Waals surface area contributed by atoms with Crippen molar-refractivity contribution in [3.63, 3.8) is 0 Å². The molecule has 26 heavy (non-hydrogen) atoms. The van der Waals surface area contributed by atoms with Crippen LogP contribution in [-0.2, 0) is 0 Å². The molecular weight excluding hydrogens is 333 g/mol. The van der Waals surface area contributed by atoms with E-state index in [0.717, 1.165) is 36.6 Å². The van der Waals surface area contributed by atoms with Gasteiger partial charge >= 0.3 is 0 Å². The average Bonchev–Trinajstić information content (AvgIpc) is 2.67. The molecule has 0 amide bonds. The van der Waals surface area contributed by atoms with Crippen LogP contribution in [0.15, 0.2) is 36.4 Å². The number of methoxy groups -OCH3 is 2. The highest BCUT2D eigenvalue weighted by atomic mass is 19.1. The second kappa shape index (κ2) is 7.96. The van der Waals surface area contributed by atoms with Gasteiger partial charge in [0.1, 0.15) is 28.9 Å². The topological polar surface area (TPSA) is 57.5 Å². The van der Waals surface area contributed by atoms with Crippen LogP contribution in [0.2, 0.25) is 0 Å². The fraction of sp³-hybridized carbons (Fsp3) is 0.350. The lowest BCUT2D eigenvalue weighted by atomic mass is 10.0. The maximum atomic E-state index is 13.9. The molecule has 0 aromatic heterocycles. The van der Waals surface area contributed by atoms with Gasteiger partial charge in [-0.1, -0.05) is 6.07 Å². The first kappa shape index (κ1) is 17.9. The third-order valence-electron chi connectivity index (χ3n) is 4.59. The normalized spacial score (nSPS) is 16.7. The summed E-state index contributed by atoms with van der Waals surface area (Å²) in [6, 6.07) is 12.6. The zero-order valence-electron chi connectivity index (χ0n) is 15.0. The molecule has 3 rings (SSSR count). The molecule has 1 heterocycles. The quantitative estimate of drug-likeness (QED) is 0.884. The Hall–Kier alpha value is -2.94. The summed E-state index contributed by atoms with van der Waals surface area (Å²) in [4.78, 5) is 2.07. The molecule has 1 fully saturated rings. The van der Waals surface area contributed by atoms with Crippen LogP contribution in [0.25, 0.3) is 0 Å². The van der Waals surface area contributed by atoms with E-state index in [-0.39, 0.29) is 11.6 Å². The number of ether oxygens (including phenoxy) is 2. The lowest BCUT2D eigenvalue weighted by Crippen LogP contribution is -2.42. The number of nitrogens with one attached hydrogen (secondary N) is 1. The zero-order chi connectivity index (χ0) is 18.5. The van der Waals surface area contributed by atoms with Gasteiger partial charge in [0.05, 0.1) is 19.9 Å². The van der Waals surface area contributed by atoms with Crippen molar-refractivity contribution >= 4 is 11.4 Å². The molecule has 0 radical (unpaired) electrons. The van der Waals surface area contributed by atoms with Crippen LogP contribution in [0.5, 0.6) is 11.5 Å². The van der Waals surface area contributed by atoms with Gasteiger partial charge in [0.25, 0.3) is 0 Å². The molecule has 1 aliphatic heterocycles. The van der Waals surface area contributed by atoms with E-state index in [9.17, 15) is 9.65 Å². The monoisotopic (exact) mass is 355 g/mol. The van der Waals surface area contributed by atoms with Crippen LogP contribution in [0.1, 0.15) is 18.4 Å². The maximum Gasteiger partial charge on any atom is 0.143 e. The number of piperidine rings is 1. The third-order valence-corrected chi connectivity index (χ3v) is 4.59. The summed E-state index contributed by atoms with van der Waals surface area (Å²) >= 11 is 0. The Bertz CT molecular complexity index is 797. The Balaban J connectivity index is 1.78. The molecule has 0 spiro atoms. The van der Waals surface area contributed by atoms with Crippen molar-refractivity contribution in [1.29, 1.82) is 5.26 Å². The van der Waals surface area contributed by atoms with Gasteiger partial charge in [-0.05, 0) is 25.0 Å². The maximum absolute atomic E-state index is 13.9. The second-order valence-corrected chi connectivity index (χ2v) is 6.28. The molecule has 0 aliphatic carbocycles. The minimum atomic E-state index is -0.474. The molecular formula is C20H22FN3O2. The summed E-state index contributed by atoms with van der Waals surface area (Å²) in [5.74, 6) is 0.963. The molecule has 1 N–H and O–H groups in total. The predicted molar refractivity (Wildman–Crippen MR) is 99.5 cm³/mol. The fourth-order valence-corrected chi connectivity index (χ4v) is 3.33. The van der Waals surface area contributed by atoms with E-state index in [0.29, 0.717) is 12.2 Å². The molecule has 1 aliphatic rings. The highest BCUT2D eigenvalue weighted by molar-refractivity contribution is 5.61. The first-order chi connectivity index (χ1) is 12.6. The SMILES string of the molecule is COc1cc(NC2CCCN(c3cccc(F)c3C#N)C2)cc(OC)c1. The van der Waals surface area contributed by atoms with Gasteiger partial charge in [-0.3, -0.25) is 0 Å². The summed E-state index contributed by atoms with van der Waals surface area (Å²) < 4.78 is 24.5. The average molecular weight is 355 g/mol. The smallest absolute Gasteiger partial charge is 0.143 e. The van der Waals surface area contributed by atoms with Crippen LogP contribution in [-0.4, -0.2) is 33.4 Å². The fourth-order valence-electron chi connectivity index (χ4n) is 3.33. The molecule has 0 saturated carbocycles. The summed E-state index contributed by atoms with van der Waals surface area (Å²) in [6.07, 6.45) is 1.95. The third kappa shape index (κ3) is 3.83. The van der Waals surface area contributed by atoms with E-state index < -0.39 is 5.82 Å². The van der Waals surface area contributed by atoms with Crippen LogP contribution in [0, 0.1) is 17.1 Å². The highest BCUT2D eigenvalue weighted by Crippen LogP contribution is 2.29. The van der Waals surface area contributed by atoms with Crippen LogP contribution in [0.4, 0.5) is 15.8 Å². The Morgan fingerprint density at radius 1 is 1.19 bits per heavy atom. The minimum Gasteiger partial charge on any atom is -0.497 e. The molecule has 0 bridgehead atoms. The van der Waals surface area contributed by atoms with Gasteiger partial charge in [-0.2, -0.15) is 5.26 Å². The van der Waals surface area contributed by atoms with Crippen molar-refractivity contribution in [3.05, 3.63) is 47.8 Å². The Morgan fingerprint density at radius 2 is 1.92 bits per heavy atom. The van der Waals surface area contributed by atoms with Gasteiger partial charge in [-0.25, -0.2) is 4.39 Å². The number of hydrogen-bond donors (Lipinski definition) is 1. The molecule has 2 aromatic carbocycles. The van der Waals surface area contributed by atoms with E-state index in [1.165, 1.54) is 6.07 Å². The summed E-state index contributed by atoms with van der Waals surface area (Å²) in [6.45, 7) is 1.50. The number of halogens is 1. The first-order valence-corrected chi connectivity index (χ1v) is 8.57. The standard InChI is InChI=1S/C20H22FN3O2/c1-25-16-9-15(10-17(11-16)26-2)23-14-5-4-8-24(13-14)20-7-3-6-19(21)18(20)12-22/h3,6-7,9-11,14,23H,4-5,8,13H2,1-2H3.